The Hall–Kier alpha value is -1.80. The maximum atomic E-state index is 12.3. The molecule has 114 valence electrons. The zero-order chi connectivity index (χ0) is 15.4. The van der Waals surface area contributed by atoms with Crippen molar-refractivity contribution in [2.75, 3.05) is 13.2 Å². The number of benzene rings is 1. The number of ether oxygens (including phenoxy) is 1. The van der Waals surface area contributed by atoms with Gasteiger partial charge >= 0.3 is 5.97 Å². The van der Waals surface area contributed by atoms with Crippen molar-refractivity contribution in [2.45, 2.75) is 23.8 Å². The van der Waals surface area contributed by atoms with Crippen LogP contribution in [-0.4, -0.2) is 38.7 Å². The summed E-state index contributed by atoms with van der Waals surface area (Å²) >= 11 is 0. The van der Waals surface area contributed by atoms with E-state index in [4.69, 9.17) is 4.74 Å². The molecule has 7 nitrogen and oxygen atoms in total. The van der Waals surface area contributed by atoms with Crippen LogP contribution in [0.4, 0.5) is 5.69 Å². The minimum absolute atomic E-state index is 0.00792. The van der Waals surface area contributed by atoms with Crippen molar-refractivity contribution in [1.82, 2.24) is 0 Å². The highest BCUT2D eigenvalue weighted by Gasteiger charge is 2.26. The minimum Gasteiger partial charge on any atom is -0.477 e. The Kier molecular flexibility index (Phi) is 5.03. The van der Waals surface area contributed by atoms with Gasteiger partial charge in [0.05, 0.1) is 4.92 Å². The van der Waals surface area contributed by atoms with Gasteiger partial charge in [0.1, 0.15) is 5.56 Å². The first-order valence-corrected chi connectivity index (χ1v) is 7.83. The van der Waals surface area contributed by atoms with Crippen LogP contribution in [0.5, 0.6) is 0 Å². The zero-order valence-electron chi connectivity index (χ0n) is 11.2. The highest BCUT2D eigenvalue weighted by atomic mass is 32.2. The number of rotatable bonds is 5. The van der Waals surface area contributed by atoms with Crippen LogP contribution in [0.15, 0.2) is 18.2 Å². The van der Waals surface area contributed by atoms with Crippen LogP contribution in [-0.2, 0) is 21.3 Å². The molecule has 1 heterocycles. The largest absolute Gasteiger partial charge is 0.477 e. The Balaban J connectivity index is 2.26. The number of carboxylic acids is 1. The van der Waals surface area contributed by atoms with Crippen LogP contribution in [0.2, 0.25) is 0 Å². The molecule has 0 amide bonds. The quantitative estimate of drug-likeness (QED) is 0.655. The molecule has 0 saturated carbocycles. The van der Waals surface area contributed by atoms with Gasteiger partial charge < -0.3 is 9.84 Å². The molecule has 8 heteroatoms. The van der Waals surface area contributed by atoms with E-state index < -0.39 is 27.4 Å². The van der Waals surface area contributed by atoms with Crippen molar-refractivity contribution >= 4 is 22.5 Å². The summed E-state index contributed by atoms with van der Waals surface area (Å²) in [5.41, 5.74) is -0.603. The summed E-state index contributed by atoms with van der Waals surface area (Å²) < 4.78 is 17.5. The number of nitro groups is 1. The van der Waals surface area contributed by atoms with E-state index in [9.17, 15) is 24.2 Å². The lowest BCUT2D eigenvalue weighted by atomic mass is 10.1. The fourth-order valence-electron chi connectivity index (χ4n) is 2.32. The van der Waals surface area contributed by atoms with Crippen molar-refractivity contribution in [3.05, 3.63) is 39.4 Å². The molecule has 1 aromatic carbocycles. The first-order valence-electron chi connectivity index (χ1n) is 6.45. The maximum Gasteiger partial charge on any atom is 0.343 e. The molecule has 1 N–H and O–H groups in total. The Labute approximate surface area is 123 Å². The van der Waals surface area contributed by atoms with Gasteiger partial charge in [0, 0.05) is 41.1 Å². The number of hydrogen-bond acceptors (Lipinski definition) is 5. The van der Waals surface area contributed by atoms with E-state index in [1.54, 1.807) is 0 Å². The average Bonchev–Trinajstić information content (AvgIpc) is 2.47. The second kappa shape index (κ2) is 6.77. The van der Waals surface area contributed by atoms with Crippen LogP contribution in [0.3, 0.4) is 0 Å². The molecule has 0 aromatic heterocycles. The highest BCUT2D eigenvalue weighted by molar-refractivity contribution is 7.84. The third-order valence-corrected chi connectivity index (χ3v) is 5.19. The lowest BCUT2D eigenvalue weighted by Crippen LogP contribution is -2.26. The molecule has 2 rings (SSSR count). The molecule has 0 bridgehead atoms. The van der Waals surface area contributed by atoms with E-state index in [-0.39, 0.29) is 22.1 Å². The summed E-state index contributed by atoms with van der Waals surface area (Å²) in [6, 6.07) is 4.04. The van der Waals surface area contributed by atoms with E-state index in [0.29, 0.717) is 26.1 Å². The van der Waals surface area contributed by atoms with Gasteiger partial charge in [-0.1, -0.05) is 12.1 Å². The van der Waals surface area contributed by atoms with Gasteiger partial charge in [-0.05, 0) is 18.4 Å². The van der Waals surface area contributed by atoms with E-state index in [0.717, 1.165) is 6.07 Å². The lowest BCUT2D eigenvalue weighted by molar-refractivity contribution is -0.385. The maximum absolute atomic E-state index is 12.3. The summed E-state index contributed by atoms with van der Waals surface area (Å²) in [4.78, 5) is 21.5. The monoisotopic (exact) mass is 313 g/mol. The van der Waals surface area contributed by atoms with Gasteiger partial charge in [0.2, 0.25) is 0 Å². The predicted molar refractivity (Wildman–Crippen MR) is 75.7 cm³/mol. The second-order valence-corrected chi connectivity index (χ2v) is 6.43. The standard InChI is InChI=1S/C13H15NO6S/c15-13(16)12-9(2-1-3-11(12)14(17)18)8-21(19)10-4-6-20-7-5-10/h1-3,10H,4-8H2,(H,15,16). The molecule has 21 heavy (non-hydrogen) atoms. The number of carboxylic acid groups (broad SMARTS) is 1. The third kappa shape index (κ3) is 3.64. The van der Waals surface area contributed by atoms with Gasteiger partial charge in [-0.25, -0.2) is 4.79 Å². The van der Waals surface area contributed by atoms with Crippen molar-refractivity contribution in [2.24, 2.45) is 0 Å². The first-order chi connectivity index (χ1) is 10.0. The summed E-state index contributed by atoms with van der Waals surface area (Å²) in [7, 11) is -1.27. The summed E-state index contributed by atoms with van der Waals surface area (Å²) in [6.07, 6.45) is 1.31. The fraction of sp³-hybridized carbons (Fsp3) is 0.462. The molecule has 1 unspecified atom stereocenters. The molecular formula is C13H15NO6S. The summed E-state index contributed by atoms with van der Waals surface area (Å²) in [5.74, 6) is -1.37. The van der Waals surface area contributed by atoms with Gasteiger partial charge in [-0.15, -0.1) is 0 Å². The summed E-state index contributed by atoms with van der Waals surface area (Å²) in [5, 5.41) is 20.1. The van der Waals surface area contributed by atoms with Crippen molar-refractivity contribution in [1.29, 1.82) is 0 Å². The Morgan fingerprint density at radius 3 is 2.67 bits per heavy atom. The smallest absolute Gasteiger partial charge is 0.343 e. The van der Waals surface area contributed by atoms with Crippen LogP contribution in [0, 0.1) is 10.1 Å². The van der Waals surface area contributed by atoms with Crippen molar-refractivity contribution in [3.63, 3.8) is 0 Å². The number of nitro benzene ring substituents is 1. The number of nitrogens with zero attached hydrogens (tertiary/aromatic N) is 1. The Bertz CT molecular complexity index is 582. The van der Waals surface area contributed by atoms with Crippen LogP contribution in [0.1, 0.15) is 28.8 Å². The molecule has 0 spiro atoms. The molecule has 0 aliphatic carbocycles. The SMILES string of the molecule is O=C(O)c1c(CS(=O)C2CCOCC2)cccc1[N+](=O)[O-]. The second-order valence-electron chi connectivity index (χ2n) is 4.71. The number of hydrogen-bond donors (Lipinski definition) is 1. The van der Waals surface area contributed by atoms with Gasteiger partial charge in [-0.2, -0.15) is 0 Å². The van der Waals surface area contributed by atoms with E-state index in [1.165, 1.54) is 12.1 Å². The van der Waals surface area contributed by atoms with Gasteiger partial charge in [0.25, 0.3) is 5.69 Å². The average molecular weight is 313 g/mol. The molecule has 0 radical (unpaired) electrons. The molecule has 1 aromatic rings. The fourth-order valence-corrected chi connectivity index (χ4v) is 3.82. The summed E-state index contributed by atoms with van der Waals surface area (Å²) in [6.45, 7) is 1.08. The van der Waals surface area contributed by atoms with Crippen LogP contribution < -0.4 is 0 Å². The Morgan fingerprint density at radius 2 is 2.10 bits per heavy atom. The van der Waals surface area contributed by atoms with E-state index in [2.05, 4.69) is 0 Å². The highest BCUT2D eigenvalue weighted by Crippen LogP contribution is 2.25. The zero-order valence-corrected chi connectivity index (χ0v) is 12.0. The number of carbonyl (C=O) groups is 1. The van der Waals surface area contributed by atoms with Crippen molar-refractivity contribution < 1.29 is 23.8 Å². The van der Waals surface area contributed by atoms with Gasteiger partial charge in [-0.3, -0.25) is 14.3 Å². The van der Waals surface area contributed by atoms with Gasteiger partial charge in [0.15, 0.2) is 0 Å². The molecule has 1 fully saturated rings. The number of aromatic carboxylic acids is 1. The first kappa shape index (κ1) is 15.6. The van der Waals surface area contributed by atoms with E-state index in [1.807, 2.05) is 0 Å². The van der Waals surface area contributed by atoms with Crippen LogP contribution in [0.25, 0.3) is 0 Å². The Morgan fingerprint density at radius 1 is 1.43 bits per heavy atom. The topological polar surface area (TPSA) is 107 Å². The molecule has 1 atom stereocenters. The van der Waals surface area contributed by atoms with Crippen LogP contribution >= 0.6 is 0 Å². The minimum atomic E-state index is -1.37. The predicted octanol–water partition coefficient (Wildman–Crippen LogP) is 1.72. The third-order valence-electron chi connectivity index (χ3n) is 3.38. The molecule has 1 aliphatic rings. The van der Waals surface area contributed by atoms with E-state index >= 15 is 0 Å². The van der Waals surface area contributed by atoms with Crippen molar-refractivity contribution in [3.8, 4) is 0 Å². The molecule has 1 saturated heterocycles. The normalized spacial score (nSPS) is 17.3. The molecule has 1 aliphatic heterocycles. The lowest BCUT2D eigenvalue weighted by Gasteiger charge is -2.21. The molecular weight excluding hydrogens is 298 g/mol.